The summed E-state index contributed by atoms with van der Waals surface area (Å²) in [6.07, 6.45) is 3.82. The van der Waals surface area contributed by atoms with E-state index in [2.05, 4.69) is 36.3 Å². The molecule has 1 aromatic heterocycles. The number of H-pyrrole nitrogens is 1. The highest BCUT2D eigenvalue weighted by atomic mass is 16.3. The first-order valence-electron chi connectivity index (χ1n) is 8.18. The molecule has 1 aliphatic rings. The maximum atomic E-state index is 12.0. The molecular weight excluding hydrogens is 278 g/mol. The van der Waals surface area contributed by atoms with E-state index in [-0.39, 0.29) is 12.3 Å². The van der Waals surface area contributed by atoms with Crippen molar-refractivity contribution in [2.45, 2.75) is 65.4 Å². The highest BCUT2D eigenvalue weighted by molar-refractivity contribution is 5.78. The molecule has 0 radical (unpaired) electrons. The molecule has 0 saturated heterocycles. The van der Waals surface area contributed by atoms with Gasteiger partial charge in [0.25, 0.3) is 0 Å². The zero-order valence-electron chi connectivity index (χ0n) is 14.2. The minimum Gasteiger partial charge on any atom is -0.388 e. The fourth-order valence-corrected chi connectivity index (χ4v) is 3.25. The lowest BCUT2D eigenvalue weighted by Gasteiger charge is -2.41. The molecule has 0 spiro atoms. The van der Waals surface area contributed by atoms with Crippen LogP contribution in [-0.2, 0) is 11.2 Å². The predicted molar refractivity (Wildman–Crippen MR) is 86.4 cm³/mol. The maximum Gasteiger partial charge on any atom is 0.226 e. The number of hydrogen-bond acceptors (Lipinski definition) is 3. The second-order valence-electron chi connectivity index (χ2n) is 7.86. The molecular formula is C17H29N3O2. The highest BCUT2D eigenvalue weighted by Gasteiger charge is 2.37. The molecule has 0 aliphatic heterocycles. The van der Waals surface area contributed by atoms with Gasteiger partial charge in [-0.2, -0.15) is 5.10 Å². The van der Waals surface area contributed by atoms with Gasteiger partial charge in [0.2, 0.25) is 5.91 Å². The topological polar surface area (TPSA) is 78.0 Å². The van der Waals surface area contributed by atoms with Crippen molar-refractivity contribution in [3.63, 3.8) is 0 Å². The number of carbonyl (C=O) groups is 1. The minimum atomic E-state index is -0.751. The van der Waals surface area contributed by atoms with Crippen LogP contribution in [0.3, 0.4) is 0 Å². The monoisotopic (exact) mass is 307 g/mol. The van der Waals surface area contributed by atoms with E-state index in [1.54, 1.807) is 0 Å². The van der Waals surface area contributed by atoms with Gasteiger partial charge in [-0.15, -0.1) is 0 Å². The number of aliphatic hydroxyl groups is 1. The number of amides is 1. The summed E-state index contributed by atoms with van der Waals surface area (Å²) in [5.41, 5.74) is 1.22. The average molecular weight is 307 g/mol. The summed E-state index contributed by atoms with van der Waals surface area (Å²) in [5, 5.41) is 20.4. The number of hydrogen-bond donors (Lipinski definition) is 3. The van der Waals surface area contributed by atoms with E-state index in [0.29, 0.717) is 17.9 Å². The van der Waals surface area contributed by atoms with Gasteiger partial charge in [0.1, 0.15) is 0 Å². The molecule has 124 valence electrons. The number of carbonyl (C=O) groups excluding carboxylic acids is 1. The average Bonchev–Trinajstić information content (AvgIpc) is 2.81. The molecule has 0 bridgehead atoms. The van der Waals surface area contributed by atoms with Crippen LogP contribution in [0.1, 0.15) is 57.8 Å². The Morgan fingerprint density at radius 3 is 2.59 bits per heavy atom. The van der Waals surface area contributed by atoms with E-state index in [0.717, 1.165) is 37.1 Å². The van der Waals surface area contributed by atoms with Gasteiger partial charge < -0.3 is 10.4 Å². The van der Waals surface area contributed by atoms with Crippen molar-refractivity contribution in [3.8, 4) is 0 Å². The summed E-state index contributed by atoms with van der Waals surface area (Å²) >= 11 is 0. The van der Waals surface area contributed by atoms with Crippen molar-refractivity contribution >= 4 is 5.91 Å². The molecule has 0 atom stereocenters. The lowest BCUT2D eigenvalue weighted by molar-refractivity contribution is -0.122. The highest BCUT2D eigenvalue weighted by Crippen LogP contribution is 2.41. The van der Waals surface area contributed by atoms with Crippen molar-refractivity contribution in [1.29, 1.82) is 0 Å². The summed E-state index contributed by atoms with van der Waals surface area (Å²) in [5.74, 6) is 0.563. The number of nitrogens with one attached hydrogen (secondary N) is 2. The largest absolute Gasteiger partial charge is 0.388 e. The third-order valence-electron chi connectivity index (χ3n) is 4.86. The Bertz CT molecular complexity index is 508. The molecule has 1 amide bonds. The Labute approximate surface area is 132 Å². The van der Waals surface area contributed by atoms with Crippen LogP contribution in [-0.4, -0.2) is 33.4 Å². The fraction of sp³-hybridized carbons (Fsp3) is 0.765. The standard InChI is InChI=1S/C17H29N3O2/c1-12-9-14(20-19-12)10-15(21)18-11-17(22)7-5-13(6-8-17)16(2,3)4/h9,13,22H,5-8,10-11H2,1-4H3,(H,18,21)(H,19,20). The number of aromatic amines is 1. The summed E-state index contributed by atoms with van der Waals surface area (Å²) in [7, 11) is 0. The summed E-state index contributed by atoms with van der Waals surface area (Å²) < 4.78 is 0. The molecule has 0 aromatic carbocycles. The number of aryl methyl sites for hydroxylation is 1. The van der Waals surface area contributed by atoms with Gasteiger partial charge in [0.15, 0.2) is 0 Å². The second kappa shape index (κ2) is 6.41. The SMILES string of the molecule is Cc1cc(CC(=O)NCC2(O)CCC(C(C)(C)C)CC2)n[nH]1. The van der Waals surface area contributed by atoms with Crippen LogP contribution in [0.5, 0.6) is 0 Å². The van der Waals surface area contributed by atoms with E-state index in [9.17, 15) is 9.90 Å². The molecule has 5 heteroatoms. The van der Waals surface area contributed by atoms with Crippen LogP contribution in [0, 0.1) is 18.3 Å². The van der Waals surface area contributed by atoms with E-state index >= 15 is 0 Å². The van der Waals surface area contributed by atoms with Crippen LogP contribution in [0.2, 0.25) is 0 Å². The molecule has 1 fully saturated rings. The third-order valence-corrected chi connectivity index (χ3v) is 4.86. The summed E-state index contributed by atoms with van der Waals surface area (Å²) in [6, 6.07) is 1.86. The first kappa shape index (κ1) is 17.0. The Morgan fingerprint density at radius 1 is 1.45 bits per heavy atom. The van der Waals surface area contributed by atoms with Gasteiger partial charge in [0.05, 0.1) is 17.7 Å². The van der Waals surface area contributed by atoms with Gasteiger partial charge in [-0.1, -0.05) is 20.8 Å². The maximum absolute atomic E-state index is 12.0. The third kappa shape index (κ3) is 4.57. The summed E-state index contributed by atoms with van der Waals surface area (Å²) in [6.45, 7) is 9.03. The van der Waals surface area contributed by atoms with Gasteiger partial charge in [-0.3, -0.25) is 9.89 Å². The van der Waals surface area contributed by atoms with Gasteiger partial charge in [-0.25, -0.2) is 0 Å². The minimum absolute atomic E-state index is 0.0853. The molecule has 3 N–H and O–H groups in total. The predicted octanol–water partition coefficient (Wildman–Crippen LogP) is 2.34. The van der Waals surface area contributed by atoms with Crippen LogP contribution in [0.25, 0.3) is 0 Å². The summed E-state index contributed by atoms with van der Waals surface area (Å²) in [4.78, 5) is 12.0. The zero-order valence-corrected chi connectivity index (χ0v) is 14.2. The lowest BCUT2D eigenvalue weighted by Crippen LogP contribution is -2.46. The van der Waals surface area contributed by atoms with E-state index in [1.807, 2.05) is 13.0 Å². The van der Waals surface area contributed by atoms with Crippen molar-refractivity contribution in [3.05, 3.63) is 17.5 Å². The normalized spacial score (nSPS) is 26.0. The number of aromatic nitrogens is 2. The molecule has 1 aromatic rings. The molecule has 1 saturated carbocycles. The Morgan fingerprint density at radius 2 is 2.09 bits per heavy atom. The molecule has 2 rings (SSSR count). The van der Waals surface area contributed by atoms with E-state index in [1.165, 1.54) is 0 Å². The molecule has 0 unspecified atom stereocenters. The fourth-order valence-electron chi connectivity index (χ4n) is 3.25. The Hall–Kier alpha value is -1.36. The van der Waals surface area contributed by atoms with Crippen molar-refractivity contribution in [1.82, 2.24) is 15.5 Å². The molecule has 5 nitrogen and oxygen atoms in total. The zero-order chi connectivity index (χ0) is 16.4. The number of rotatable bonds is 4. The van der Waals surface area contributed by atoms with Crippen molar-refractivity contribution in [2.24, 2.45) is 11.3 Å². The second-order valence-corrected chi connectivity index (χ2v) is 7.86. The van der Waals surface area contributed by atoms with Gasteiger partial charge in [-0.05, 0) is 50.0 Å². The van der Waals surface area contributed by atoms with E-state index < -0.39 is 5.60 Å². The van der Waals surface area contributed by atoms with Gasteiger partial charge in [0, 0.05) is 12.2 Å². The van der Waals surface area contributed by atoms with Crippen LogP contribution < -0.4 is 5.32 Å². The smallest absolute Gasteiger partial charge is 0.226 e. The van der Waals surface area contributed by atoms with Crippen LogP contribution >= 0.6 is 0 Å². The van der Waals surface area contributed by atoms with Crippen molar-refractivity contribution in [2.75, 3.05) is 6.54 Å². The van der Waals surface area contributed by atoms with E-state index in [4.69, 9.17) is 0 Å². The van der Waals surface area contributed by atoms with Crippen LogP contribution in [0.15, 0.2) is 6.07 Å². The lowest BCUT2D eigenvalue weighted by atomic mass is 9.68. The molecule has 22 heavy (non-hydrogen) atoms. The first-order chi connectivity index (χ1) is 10.2. The Kier molecular flexibility index (Phi) is 4.95. The Balaban J connectivity index is 1.78. The first-order valence-corrected chi connectivity index (χ1v) is 8.18. The van der Waals surface area contributed by atoms with Gasteiger partial charge >= 0.3 is 0 Å². The molecule has 1 heterocycles. The van der Waals surface area contributed by atoms with Crippen LogP contribution in [0.4, 0.5) is 0 Å². The molecule has 1 aliphatic carbocycles. The quantitative estimate of drug-likeness (QED) is 0.799. The van der Waals surface area contributed by atoms with Crippen molar-refractivity contribution < 1.29 is 9.90 Å². The number of nitrogens with zero attached hydrogens (tertiary/aromatic N) is 1.